The summed E-state index contributed by atoms with van der Waals surface area (Å²) >= 11 is 0. The number of hydrogen-bond donors (Lipinski definition) is 1. The number of nitrogens with zero attached hydrogens (tertiary/aromatic N) is 3. The van der Waals surface area contributed by atoms with E-state index in [4.69, 9.17) is 9.47 Å². The van der Waals surface area contributed by atoms with Crippen LogP contribution in [0.5, 0.6) is 5.75 Å². The van der Waals surface area contributed by atoms with Gasteiger partial charge in [0.05, 0.1) is 13.7 Å². The number of rotatable bonds is 5. The van der Waals surface area contributed by atoms with Crippen LogP contribution in [-0.4, -0.2) is 72.9 Å². The lowest BCUT2D eigenvalue weighted by molar-refractivity contribution is -0.272. The van der Waals surface area contributed by atoms with Crippen LogP contribution in [0.4, 0.5) is 33.5 Å². The number of anilines is 2. The Hall–Kier alpha value is -3.32. The molecule has 2 fully saturated rings. The number of amides is 2. The predicted octanol–water partition coefficient (Wildman–Crippen LogP) is 4.11. The Morgan fingerprint density at radius 2 is 1.92 bits per heavy atom. The second kappa shape index (κ2) is 10.3. The first kappa shape index (κ1) is 28.7. The first-order valence-electron chi connectivity index (χ1n) is 12.2. The fraction of sp³-hybridized carbons (Fsp3) is 0.500. The third kappa shape index (κ3) is 5.05. The molecule has 0 radical (unpaired) electrons. The third-order valence-corrected chi connectivity index (χ3v) is 7.52. The molecule has 8 nitrogen and oxygen atoms in total. The van der Waals surface area contributed by atoms with Crippen LogP contribution in [0, 0.1) is 17.6 Å². The molecule has 0 bridgehead atoms. The normalized spacial score (nSPS) is 28.1. The van der Waals surface area contributed by atoms with E-state index < -0.39 is 53.0 Å². The lowest BCUT2D eigenvalue weighted by Gasteiger charge is -2.37. The molecule has 212 valence electrons. The first-order valence-corrected chi connectivity index (χ1v) is 12.2. The third-order valence-electron chi connectivity index (χ3n) is 7.52. The molecule has 1 aromatic heterocycles. The molecule has 39 heavy (non-hydrogen) atoms. The predicted molar refractivity (Wildman–Crippen MR) is 131 cm³/mol. The molecule has 5 atom stereocenters. The molecular weight excluding hydrogens is 527 g/mol. The van der Waals surface area contributed by atoms with Crippen molar-refractivity contribution in [2.75, 3.05) is 37.5 Å². The van der Waals surface area contributed by atoms with Crippen LogP contribution >= 0.6 is 0 Å². The number of halogens is 5. The van der Waals surface area contributed by atoms with Gasteiger partial charge in [0, 0.05) is 47.9 Å². The number of hydrogen-bond acceptors (Lipinski definition) is 6. The number of piperazine rings is 1. The molecule has 2 saturated heterocycles. The molecule has 0 spiro atoms. The van der Waals surface area contributed by atoms with Crippen molar-refractivity contribution < 1.29 is 41.0 Å². The summed E-state index contributed by atoms with van der Waals surface area (Å²) in [4.78, 5) is 33.7. The molecule has 13 heteroatoms. The van der Waals surface area contributed by atoms with E-state index in [0.29, 0.717) is 6.54 Å². The number of likely N-dealkylation sites (N-methyl/N-ethyl adjacent to an activating group) is 1. The highest BCUT2D eigenvalue weighted by Crippen LogP contribution is 2.55. The van der Waals surface area contributed by atoms with Crippen molar-refractivity contribution in [1.29, 1.82) is 0 Å². The van der Waals surface area contributed by atoms with Crippen molar-refractivity contribution in [3.8, 4) is 5.75 Å². The molecule has 0 unspecified atom stereocenters. The Morgan fingerprint density at radius 1 is 1.23 bits per heavy atom. The molecule has 3 heterocycles. The number of carbonyl (C=O) groups is 2. The molecule has 0 aliphatic carbocycles. The molecule has 1 N–H and O–H groups in total. The van der Waals surface area contributed by atoms with Gasteiger partial charge in [0.2, 0.25) is 11.7 Å². The van der Waals surface area contributed by atoms with Crippen molar-refractivity contribution >= 4 is 23.3 Å². The fourth-order valence-electron chi connectivity index (χ4n) is 5.39. The van der Waals surface area contributed by atoms with Gasteiger partial charge in [-0.2, -0.15) is 17.6 Å². The zero-order chi connectivity index (χ0) is 28.9. The Labute approximate surface area is 222 Å². The van der Waals surface area contributed by atoms with Gasteiger partial charge < -0.3 is 14.8 Å². The summed E-state index contributed by atoms with van der Waals surface area (Å²) in [6.07, 6.45) is -5.27. The highest BCUT2D eigenvalue weighted by Gasteiger charge is 2.66. The van der Waals surface area contributed by atoms with Crippen molar-refractivity contribution in [2.45, 2.75) is 50.6 Å². The van der Waals surface area contributed by atoms with Gasteiger partial charge in [0.1, 0.15) is 11.9 Å². The van der Waals surface area contributed by atoms with E-state index in [1.807, 2.05) is 18.9 Å². The summed E-state index contributed by atoms with van der Waals surface area (Å²) in [5, 5.41) is 2.55. The van der Waals surface area contributed by atoms with Gasteiger partial charge in [0.15, 0.2) is 17.2 Å². The Morgan fingerprint density at radius 3 is 2.54 bits per heavy atom. The number of pyridine rings is 1. The summed E-state index contributed by atoms with van der Waals surface area (Å²) in [5.74, 6) is -6.85. The van der Waals surface area contributed by atoms with E-state index in [9.17, 15) is 31.5 Å². The van der Waals surface area contributed by atoms with Gasteiger partial charge >= 0.3 is 6.18 Å². The molecule has 2 aromatic rings. The topological polar surface area (TPSA) is 84.0 Å². The van der Waals surface area contributed by atoms with Gasteiger partial charge in [-0.25, -0.2) is 9.37 Å². The maximum absolute atomic E-state index is 14.5. The molecular formula is C26H29F5N4O4. The summed E-state index contributed by atoms with van der Waals surface area (Å²) < 4.78 is 81.3. The second-order valence-electron chi connectivity index (χ2n) is 10.1. The van der Waals surface area contributed by atoms with Crippen LogP contribution in [-0.2, 0) is 14.3 Å². The smallest absolute Gasteiger partial charge is 0.417 e. The van der Waals surface area contributed by atoms with E-state index in [1.54, 1.807) is 0 Å². The lowest BCUT2D eigenvalue weighted by Crippen LogP contribution is -2.54. The van der Waals surface area contributed by atoms with E-state index in [2.05, 4.69) is 10.3 Å². The number of alkyl halides is 3. The summed E-state index contributed by atoms with van der Waals surface area (Å²) in [6.45, 7) is 4.65. The van der Waals surface area contributed by atoms with Gasteiger partial charge in [-0.15, -0.1) is 0 Å². The maximum Gasteiger partial charge on any atom is 0.417 e. The summed E-state index contributed by atoms with van der Waals surface area (Å²) in [6, 6.07) is 4.50. The van der Waals surface area contributed by atoms with Crippen LogP contribution in [0.3, 0.4) is 0 Å². The van der Waals surface area contributed by atoms with E-state index in [-0.39, 0.29) is 35.6 Å². The number of nitrogens with one attached hydrogen (secondary N) is 1. The van der Waals surface area contributed by atoms with Gasteiger partial charge in [-0.1, -0.05) is 13.0 Å². The molecule has 2 aliphatic heterocycles. The van der Waals surface area contributed by atoms with Gasteiger partial charge in [-0.3, -0.25) is 19.4 Å². The number of carbonyl (C=O) groups excluding carboxylic acids is 2. The van der Waals surface area contributed by atoms with Crippen LogP contribution in [0.25, 0.3) is 0 Å². The number of methoxy groups -OCH3 is 1. The second-order valence-corrected chi connectivity index (χ2v) is 10.1. The van der Waals surface area contributed by atoms with Crippen molar-refractivity contribution in [1.82, 2.24) is 9.88 Å². The summed E-state index contributed by atoms with van der Waals surface area (Å²) in [5.41, 5.74) is -2.75. The quantitative estimate of drug-likeness (QED) is 0.559. The minimum absolute atomic E-state index is 0.135. The molecule has 2 amide bonds. The van der Waals surface area contributed by atoms with Crippen LogP contribution in [0.2, 0.25) is 0 Å². The van der Waals surface area contributed by atoms with E-state index in [0.717, 1.165) is 26.2 Å². The molecule has 4 rings (SSSR count). The van der Waals surface area contributed by atoms with Gasteiger partial charge in [-0.05, 0) is 33.0 Å². The highest BCUT2D eigenvalue weighted by molar-refractivity contribution is 5.98. The Kier molecular flexibility index (Phi) is 7.60. The zero-order valence-electron chi connectivity index (χ0n) is 22.0. The highest BCUT2D eigenvalue weighted by atomic mass is 19.4. The fourth-order valence-corrected chi connectivity index (χ4v) is 5.39. The monoisotopic (exact) mass is 556 g/mol. The van der Waals surface area contributed by atoms with Gasteiger partial charge in [0.25, 0.3) is 5.91 Å². The number of ether oxygens (including phenoxy) is 2. The molecule has 0 saturated carbocycles. The van der Waals surface area contributed by atoms with Crippen LogP contribution in [0.15, 0.2) is 30.5 Å². The number of aromatic nitrogens is 1. The molecule has 2 aliphatic rings. The van der Waals surface area contributed by atoms with Crippen molar-refractivity contribution in [2.24, 2.45) is 5.92 Å². The molecule has 1 aromatic carbocycles. The number of benzene rings is 1. The SMILES string of the molecule is COc1c([C@H]2[C@H](C(=O)Nc3ccnc(N4C(=O)CN(C)C[C@@H]4C)c3)O[C@@](C)(C(F)(F)F)[C@H]2C)ccc(F)c1F. The minimum atomic E-state index is -4.88. The summed E-state index contributed by atoms with van der Waals surface area (Å²) in [7, 11) is 2.87. The zero-order valence-corrected chi connectivity index (χ0v) is 22.0. The Balaban J connectivity index is 1.69. The Bertz CT molecular complexity index is 1280. The largest absolute Gasteiger partial charge is 0.493 e. The van der Waals surface area contributed by atoms with Crippen LogP contribution < -0.4 is 15.0 Å². The average molecular weight is 557 g/mol. The van der Waals surface area contributed by atoms with Crippen molar-refractivity contribution in [3.63, 3.8) is 0 Å². The van der Waals surface area contributed by atoms with E-state index in [1.165, 1.54) is 30.2 Å². The minimum Gasteiger partial charge on any atom is -0.493 e. The lowest BCUT2D eigenvalue weighted by atomic mass is 9.77. The van der Waals surface area contributed by atoms with Crippen LogP contribution in [0.1, 0.15) is 32.3 Å². The standard InChI is InChI=1S/C26H29F5N4O4/c1-13-11-34(4)12-19(36)35(13)18-10-15(8-9-32-18)33-24(37)23-20(14(2)25(3,39-23)26(29,30)31)16-6-7-17(27)21(28)22(16)38-5/h6-10,13-14,20,23H,11-12H2,1-5H3,(H,32,33,37)/t13-,14-,20-,23+,25+/m0/s1. The van der Waals surface area contributed by atoms with Crippen molar-refractivity contribution in [3.05, 3.63) is 47.7 Å². The average Bonchev–Trinajstić information content (AvgIpc) is 3.12. The first-order chi connectivity index (χ1) is 18.2. The van der Waals surface area contributed by atoms with E-state index >= 15 is 0 Å². The maximum atomic E-state index is 14.5.